The number of carbonyl (C=O) groups is 1. The highest BCUT2D eigenvalue weighted by Gasteiger charge is 2.60. The second-order valence-corrected chi connectivity index (χ2v) is 22.2. The molecule has 0 unspecified atom stereocenters. The third kappa shape index (κ3) is 14.1. The molecule has 37 heteroatoms. The average molecular weight is 1240 g/mol. The minimum absolute atomic E-state index is 0.941. The van der Waals surface area contributed by atoms with E-state index in [1.165, 1.54) is 20.8 Å². The fourth-order valence-corrected chi connectivity index (χ4v) is 10.8. The first kappa shape index (κ1) is 67.8. The number of hydrogen-bond donors (Lipinski definition) is 20. The Bertz CT molecular complexity index is 2050. The molecular weight excluding hydrogens is 1160 g/mol. The summed E-state index contributed by atoms with van der Waals surface area (Å²) in [6.07, 6.45) is -73.0. The van der Waals surface area contributed by atoms with Crippen molar-refractivity contribution >= 4 is 6.16 Å². The Morgan fingerprint density at radius 2 is 0.452 bits per heavy atom. The fourth-order valence-electron chi connectivity index (χ4n) is 10.8. The molecule has 0 aromatic carbocycles. The van der Waals surface area contributed by atoms with Gasteiger partial charge in [0.1, 0.15) is 183 Å². The van der Waals surface area contributed by atoms with Gasteiger partial charge in [0.25, 0.3) is 0 Å². The van der Waals surface area contributed by atoms with E-state index in [2.05, 4.69) is 0 Å². The van der Waals surface area contributed by atoms with Gasteiger partial charge in [0.2, 0.25) is 0 Å². The van der Waals surface area contributed by atoms with E-state index < -0.39 is 273 Å². The normalized spacial score (nSPS) is 51.8. The Morgan fingerprint density at radius 1 is 0.286 bits per heavy atom. The van der Waals surface area contributed by atoms with Gasteiger partial charge in [-0.3, -0.25) is 0 Å². The van der Waals surface area contributed by atoms with Crippen LogP contribution in [0.15, 0.2) is 0 Å². The van der Waals surface area contributed by atoms with E-state index in [9.17, 15) is 107 Å². The quantitative estimate of drug-likeness (QED) is 0.100. The maximum Gasteiger partial charge on any atom is 0.508 e. The molecule has 20 N–H and O–H groups in total. The zero-order valence-corrected chi connectivity index (χ0v) is 45.0. The highest BCUT2D eigenvalue weighted by atomic mass is 16.8. The largest absolute Gasteiger partial charge is 0.508 e. The molecule has 21 rings (SSSR count). The van der Waals surface area contributed by atoms with Crippen LogP contribution in [0.1, 0.15) is 20.8 Å². The summed E-state index contributed by atoms with van der Waals surface area (Å²) in [5, 5.41) is 223. The van der Waals surface area contributed by atoms with Gasteiger partial charge in [-0.05, 0) is 20.8 Å². The summed E-state index contributed by atoms with van der Waals surface area (Å²) in [5.41, 5.74) is -1.12. The van der Waals surface area contributed by atoms with Crippen molar-refractivity contribution in [1.29, 1.82) is 0 Å². The molecule has 0 aliphatic carbocycles. The van der Waals surface area contributed by atoms with E-state index in [1.54, 1.807) is 0 Å². The van der Waals surface area contributed by atoms with Crippen molar-refractivity contribution in [2.75, 3.05) is 46.2 Å². The van der Waals surface area contributed by atoms with Crippen LogP contribution in [0, 0.1) is 0 Å². The molecule has 0 aromatic heterocycles. The van der Waals surface area contributed by atoms with Gasteiger partial charge in [0.05, 0.1) is 39.6 Å². The molecule has 21 saturated heterocycles. The number of rotatable bonds is 8. The summed E-state index contributed by atoms with van der Waals surface area (Å²) in [4.78, 5) is 12.8. The molecule has 84 heavy (non-hydrogen) atoms. The molecule has 0 aromatic rings. The number of hydrogen-bond acceptors (Lipinski definition) is 37. The Kier molecular flexibility index (Phi) is 22.9. The molecule has 21 heterocycles. The first-order chi connectivity index (χ1) is 39.7. The first-order valence-electron chi connectivity index (χ1n) is 26.9. The van der Waals surface area contributed by atoms with Crippen LogP contribution in [0.3, 0.4) is 0 Å². The van der Waals surface area contributed by atoms with Crippen LogP contribution >= 0.6 is 0 Å². The lowest BCUT2D eigenvalue weighted by molar-refractivity contribution is -0.396. The Balaban J connectivity index is 1.10. The second-order valence-electron chi connectivity index (χ2n) is 22.2. The van der Waals surface area contributed by atoms with Crippen molar-refractivity contribution in [3.8, 4) is 0 Å². The average Bonchev–Trinajstić information content (AvgIpc) is 1.85. The number of carbonyl (C=O) groups excluding carboxylic acids is 1. The maximum atomic E-state index is 12.8. The fraction of sp³-hybridized carbons (Fsp3) is 0.979. The third-order valence-corrected chi connectivity index (χ3v) is 15.4. The maximum absolute atomic E-state index is 12.8. The van der Waals surface area contributed by atoms with Crippen LogP contribution in [0.4, 0.5) is 4.79 Å². The van der Waals surface area contributed by atoms with Gasteiger partial charge in [-0.15, -0.1) is 0 Å². The summed E-state index contributed by atoms with van der Waals surface area (Å²) in [7, 11) is 0. The molecule has 21 fully saturated rings. The lowest BCUT2D eigenvalue weighted by Crippen LogP contribution is -2.68. The highest BCUT2D eigenvalue weighted by molar-refractivity contribution is 5.60. The van der Waals surface area contributed by atoms with Gasteiger partial charge in [-0.2, -0.15) is 0 Å². The van der Waals surface area contributed by atoms with Gasteiger partial charge in [0, 0.05) is 0 Å². The molecule has 35 atom stereocenters. The van der Waals surface area contributed by atoms with E-state index in [4.69, 9.17) is 75.8 Å². The van der Waals surface area contributed by atoms with Gasteiger partial charge in [-0.1, -0.05) is 0 Å². The van der Waals surface area contributed by atoms with Gasteiger partial charge in [-0.25, -0.2) is 4.79 Å². The van der Waals surface area contributed by atoms with Crippen molar-refractivity contribution in [1.82, 2.24) is 0 Å². The zero-order chi connectivity index (χ0) is 61.5. The molecule has 488 valence electrons. The van der Waals surface area contributed by atoms with Crippen molar-refractivity contribution < 1.29 is 183 Å². The first-order valence-corrected chi connectivity index (χ1v) is 26.9. The number of aliphatic hydroxyl groups is 20. The predicted octanol–water partition coefficient (Wildman–Crippen LogP) is -13.3. The lowest BCUT2D eigenvalue weighted by Gasteiger charge is -2.50. The van der Waals surface area contributed by atoms with Crippen LogP contribution in [0.25, 0.3) is 0 Å². The Hall–Kier alpha value is -2.09. The van der Waals surface area contributed by atoms with Crippen LogP contribution in [-0.2, 0) is 75.8 Å². The third-order valence-electron chi connectivity index (χ3n) is 15.4. The summed E-state index contributed by atoms with van der Waals surface area (Å²) >= 11 is 0. The van der Waals surface area contributed by atoms with Crippen molar-refractivity contribution in [3.05, 3.63) is 0 Å². The summed E-state index contributed by atoms with van der Waals surface area (Å²) in [6.45, 7) is -2.89. The predicted molar refractivity (Wildman–Crippen MR) is 254 cm³/mol. The molecule has 0 saturated carbocycles. The van der Waals surface area contributed by atoms with Crippen molar-refractivity contribution in [3.63, 3.8) is 0 Å². The van der Waals surface area contributed by atoms with Gasteiger partial charge in [0.15, 0.2) is 44.0 Å². The smallest absolute Gasteiger partial charge is 0.431 e. The summed E-state index contributed by atoms with van der Waals surface area (Å²) < 4.78 is 90.8. The zero-order valence-electron chi connectivity index (χ0n) is 45.0. The molecule has 0 radical (unpaired) electrons. The second kappa shape index (κ2) is 28.4. The van der Waals surface area contributed by atoms with Crippen molar-refractivity contribution in [2.24, 2.45) is 0 Å². The van der Waals surface area contributed by atoms with Crippen LogP contribution < -0.4 is 0 Å². The molecule has 37 nitrogen and oxygen atoms in total. The topological polar surface area (TPSA) is 569 Å². The standard InChI is InChI=1S/C47H78O37/c1-47(2,3)84-46(68)69-10-17-38-24(60)31(67)45(76-17)82-37-16(9-53)74-43(29(65)22(37)58)80-35-14(7-51)72-41(27(63)20(35)56)78-33-12(5-49)70-39(25(61)18(33)54)77-32-11(4-48)71-40(26(62)19(32)55)79-34-13(6-50)73-42(28(64)21(34)57)81-36-15(8-52)75-44(83-38)30(66)23(36)59/h11-45,48-67H,4-10H2,1-3H3/t11-,12+,13-,14+,15-,16+,17-,18+,19+,20-,21+,22-,23+,24+,25+,26+,27-,28+,29+,30+,31+,32+,33+,34+,35+,36+,37+,38+,39+,40+,41+,42+,43+,44+,45+/m0/s1. The Labute approximate surface area is 475 Å². The van der Waals surface area contributed by atoms with Crippen LogP contribution in [0.2, 0.25) is 0 Å². The minimum Gasteiger partial charge on any atom is -0.431 e. The molecule has 14 bridgehead atoms. The molecule has 21 aliphatic rings. The van der Waals surface area contributed by atoms with Crippen LogP contribution in [0.5, 0.6) is 0 Å². The van der Waals surface area contributed by atoms with E-state index in [0.717, 1.165) is 0 Å². The Morgan fingerprint density at radius 3 is 0.619 bits per heavy atom. The SMILES string of the molecule is CC(C)(C)OC(=O)OC[C@@H]1O[C@@H]2O[C@H]3[C@@H](O)[C@@H](O)[C@@H](O[C@H]4[C@@H](O)[C@H](O)[C@@H](O[C@H]5[C@H](O)[C@@H](O)[C@@H](O[C@H]6[C@H](O)[C@@H](O)[C@@H](O[C@H]7[C@H](O)[C@@H](O)[C@@H](O[C@H]8[C@H](O)[C@@H](O)[C@@H](O[C@H]1[C@H](O)[C@H]2O)O[C@H]8CO)O[C@H]7CO)O[C@H]6CO)O[C@@H]5CO)O[C@@H]4CO)O[C@@H]3CO. The van der Waals surface area contributed by atoms with Crippen molar-refractivity contribution in [2.45, 2.75) is 241 Å². The van der Waals surface area contributed by atoms with Crippen LogP contribution in [-0.4, -0.2) is 375 Å². The van der Waals surface area contributed by atoms with E-state index in [1.807, 2.05) is 0 Å². The molecule has 21 aliphatic heterocycles. The number of aliphatic hydroxyl groups excluding tert-OH is 20. The lowest BCUT2D eigenvalue weighted by atomic mass is 9.95. The molecule has 0 amide bonds. The molecular formula is C47H78O37. The van der Waals surface area contributed by atoms with E-state index in [-0.39, 0.29) is 0 Å². The van der Waals surface area contributed by atoms with E-state index >= 15 is 0 Å². The summed E-state index contributed by atoms with van der Waals surface area (Å²) in [5.74, 6) is 0. The van der Waals surface area contributed by atoms with Gasteiger partial charge >= 0.3 is 6.16 Å². The molecule has 0 spiro atoms. The van der Waals surface area contributed by atoms with Gasteiger partial charge < -0.3 is 178 Å². The minimum atomic E-state index is -2.29. The summed E-state index contributed by atoms with van der Waals surface area (Å²) in [6, 6.07) is 0. The number of ether oxygens (including phenoxy) is 16. The highest BCUT2D eigenvalue weighted by Crippen LogP contribution is 2.39. The monoisotopic (exact) mass is 1230 g/mol. The van der Waals surface area contributed by atoms with E-state index in [0.29, 0.717) is 0 Å².